The first kappa shape index (κ1) is 30.8. The van der Waals surface area contributed by atoms with E-state index in [0.29, 0.717) is 24.9 Å². The van der Waals surface area contributed by atoms with E-state index in [4.69, 9.17) is 28.4 Å². The number of aromatic amines is 1. The third kappa shape index (κ3) is 7.33. The second-order valence-corrected chi connectivity index (χ2v) is 10.9. The Morgan fingerprint density at radius 2 is 1.46 bits per heavy atom. The zero-order valence-electron chi connectivity index (χ0n) is 26.4. The molecule has 2 aromatic heterocycles. The van der Waals surface area contributed by atoms with Crippen molar-refractivity contribution in [2.24, 2.45) is 0 Å². The number of unbranched alkanes of at least 4 members (excludes halogenated alkanes) is 1. The number of aromatic nitrogens is 4. The predicted molar refractivity (Wildman–Crippen MR) is 169 cm³/mol. The molecule has 1 N–H and O–H groups in total. The molecule has 4 aromatic rings. The van der Waals surface area contributed by atoms with E-state index in [1.165, 1.54) is 5.82 Å². The third-order valence-electron chi connectivity index (χ3n) is 8.03. The summed E-state index contributed by atoms with van der Waals surface area (Å²) in [6, 6.07) is 15.9. The molecule has 12 heteroatoms. The quantitative estimate of drug-likeness (QED) is 0.138. The number of rotatable bonds is 17. The third-order valence-corrected chi connectivity index (χ3v) is 8.03. The van der Waals surface area contributed by atoms with Gasteiger partial charge in [-0.25, -0.2) is 18.7 Å². The minimum atomic E-state index is 0.217. The van der Waals surface area contributed by atoms with Crippen molar-refractivity contribution in [2.45, 2.75) is 38.9 Å². The maximum atomic E-state index is 5.74. The molecule has 0 unspecified atom stereocenters. The summed E-state index contributed by atoms with van der Waals surface area (Å²) < 4.78 is 40.1. The van der Waals surface area contributed by atoms with Crippen LogP contribution in [0.4, 0.5) is 11.4 Å². The maximum absolute atomic E-state index is 5.74. The van der Waals surface area contributed by atoms with Crippen molar-refractivity contribution < 1.29 is 37.6 Å². The van der Waals surface area contributed by atoms with Crippen molar-refractivity contribution in [3.8, 4) is 11.5 Å². The van der Waals surface area contributed by atoms with Gasteiger partial charge in [0, 0.05) is 6.42 Å². The van der Waals surface area contributed by atoms with E-state index in [2.05, 4.69) is 53.4 Å². The van der Waals surface area contributed by atoms with Gasteiger partial charge >= 0.3 is 0 Å². The number of benzene rings is 2. The molecule has 12 nitrogen and oxygen atoms in total. The number of methoxy groups -OCH3 is 2. The van der Waals surface area contributed by atoms with E-state index in [-0.39, 0.29) is 13.6 Å². The number of ether oxygens (including phenoxy) is 6. The average molecular weight is 631 g/mol. The average Bonchev–Trinajstić information content (AvgIpc) is 3.93. The van der Waals surface area contributed by atoms with Gasteiger partial charge in [0.15, 0.2) is 0 Å². The molecule has 6 rings (SSSR count). The molecule has 46 heavy (non-hydrogen) atoms. The van der Waals surface area contributed by atoms with Crippen LogP contribution in [0.25, 0.3) is 0 Å². The van der Waals surface area contributed by atoms with Gasteiger partial charge < -0.3 is 38.2 Å². The van der Waals surface area contributed by atoms with Crippen molar-refractivity contribution in [2.75, 3.05) is 50.7 Å². The Morgan fingerprint density at radius 1 is 0.804 bits per heavy atom. The van der Waals surface area contributed by atoms with Gasteiger partial charge in [-0.2, -0.15) is 0 Å². The van der Waals surface area contributed by atoms with Gasteiger partial charge in [-0.1, -0.05) is 24.3 Å². The van der Waals surface area contributed by atoms with Gasteiger partial charge in [0.25, 0.3) is 5.82 Å². The monoisotopic (exact) mass is 630 g/mol. The molecule has 0 fully saturated rings. The number of aryl methyl sites for hydroxylation is 2. The molecular weight excluding hydrogens is 588 g/mol. The maximum Gasteiger partial charge on any atom is 0.254 e. The summed E-state index contributed by atoms with van der Waals surface area (Å²) >= 11 is 0. The first-order chi connectivity index (χ1) is 22.7. The second kappa shape index (κ2) is 15.2. The van der Waals surface area contributed by atoms with Crippen LogP contribution in [-0.4, -0.2) is 50.4 Å². The summed E-state index contributed by atoms with van der Waals surface area (Å²) in [4.78, 5) is 7.62. The van der Waals surface area contributed by atoms with Crippen molar-refractivity contribution in [3.05, 3.63) is 110 Å². The second-order valence-electron chi connectivity index (χ2n) is 10.9. The highest BCUT2D eigenvalue weighted by Gasteiger charge is 2.24. The lowest BCUT2D eigenvalue weighted by molar-refractivity contribution is -0.701. The Hall–Kier alpha value is -5.26. The minimum absolute atomic E-state index is 0.217. The summed E-state index contributed by atoms with van der Waals surface area (Å²) in [7, 11) is 3.36. The van der Waals surface area contributed by atoms with Crippen molar-refractivity contribution >= 4 is 11.4 Å². The van der Waals surface area contributed by atoms with Crippen LogP contribution < -0.4 is 28.4 Å². The summed E-state index contributed by atoms with van der Waals surface area (Å²) in [5.41, 5.74) is 1.88. The smallest absolute Gasteiger partial charge is 0.254 e. The van der Waals surface area contributed by atoms with Gasteiger partial charge in [0.2, 0.25) is 31.7 Å². The summed E-state index contributed by atoms with van der Waals surface area (Å²) in [5.74, 6) is 4.12. The number of anilines is 2. The van der Waals surface area contributed by atoms with Gasteiger partial charge in [0.05, 0.1) is 45.2 Å². The molecule has 0 bridgehead atoms. The summed E-state index contributed by atoms with van der Waals surface area (Å²) in [5, 5.41) is 0. The fraction of sp³-hybridized carbons (Fsp3) is 0.353. The standard InChI is InChI=1S/C34H41N6O6/c1-41-30-11-5-3-9-28(30)39(33-23-43-26-45-33)21-19-37-18-17-36(25-37)15-8-7-13-32-35-14-16-38(32)20-22-40(34-24-44-27-46-34)29-10-4-6-12-31(29)42-2/h3-6,9-12,14,16-18,23-25H,7-8,13,15,19-22,26-27H2,1-2H3/q+1/p+1. The molecule has 0 amide bonds. The molecule has 0 radical (unpaired) electrons. The van der Waals surface area contributed by atoms with E-state index in [1.54, 1.807) is 26.7 Å². The van der Waals surface area contributed by atoms with Crippen molar-refractivity contribution in [1.82, 2.24) is 9.55 Å². The molecule has 0 saturated carbocycles. The molecule has 2 aliphatic heterocycles. The van der Waals surface area contributed by atoms with Gasteiger partial charge in [0.1, 0.15) is 61.9 Å². The van der Waals surface area contributed by atoms with Crippen LogP contribution in [0.3, 0.4) is 0 Å². The Kier molecular flexibility index (Phi) is 10.1. The van der Waals surface area contributed by atoms with Crippen molar-refractivity contribution in [3.63, 3.8) is 0 Å². The van der Waals surface area contributed by atoms with Gasteiger partial charge in [-0.3, -0.25) is 0 Å². The van der Waals surface area contributed by atoms with Crippen molar-refractivity contribution in [1.29, 1.82) is 0 Å². The Morgan fingerprint density at radius 3 is 2.09 bits per heavy atom. The summed E-state index contributed by atoms with van der Waals surface area (Å²) in [6.45, 7) is 4.32. The lowest BCUT2D eigenvalue weighted by atomic mass is 10.2. The number of hydrogen-bond donors (Lipinski definition) is 1. The van der Waals surface area contributed by atoms with E-state index >= 15 is 0 Å². The fourth-order valence-electron chi connectivity index (χ4n) is 5.69. The van der Waals surface area contributed by atoms with Crippen LogP contribution in [0.2, 0.25) is 0 Å². The molecule has 4 heterocycles. The highest BCUT2D eigenvalue weighted by molar-refractivity contribution is 5.62. The molecule has 2 aromatic carbocycles. The van der Waals surface area contributed by atoms with Crippen LogP contribution in [0.15, 0.2) is 104 Å². The lowest BCUT2D eigenvalue weighted by Crippen LogP contribution is -2.42. The molecule has 0 atom stereocenters. The zero-order valence-corrected chi connectivity index (χ0v) is 26.4. The number of nitrogens with zero attached hydrogens (tertiary/aromatic N) is 5. The number of H-pyrrole nitrogens is 1. The van der Waals surface area contributed by atoms with Crippen LogP contribution in [0.5, 0.6) is 11.5 Å². The number of hydrogen-bond acceptors (Lipinski definition) is 8. The number of nitrogens with one attached hydrogen (secondary N) is 1. The highest BCUT2D eigenvalue weighted by atomic mass is 16.7. The molecule has 0 spiro atoms. The van der Waals surface area contributed by atoms with Gasteiger partial charge in [-0.15, -0.1) is 0 Å². The normalized spacial score (nSPS) is 13.6. The number of para-hydroxylation sites is 4. The largest absolute Gasteiger partial charge is 0.495 e. The Balaban J connectivity index is 0.998. The van der Waals surface area contributed by atoms with Crippen LogP contribution in [0.1, 0.15) is 18.7 Å². The predicted octanol–water partition coefficient (Wildman–Crippen LogP) is 4.05. The van der Waals surface area contributed by atoms with Crippen LogP contribution in [0, 0.1) is 0 Å². The highest BCUT2D eigenvalue weighted by Crippen LogP contribution is 2.33. The molecular formula is C34H42N6O6+2. The molecule has 242 valence electrons. The van der Waals surface area contributed by atoms with Crippen LogP contribution >= 0.6 is 0 Å². The number of imidazole rings is 2. The molecule has 2 aliphatic rings. The minimum Gasteiger partial charge on any atom is -0.495 e. The molecule has 0 aliphatic carbocycles. The SMILES string of the molecule is COc1ccccc1N(CCn1cc[n+](CCCCc2[nH]cc[n+]2CCN(C2=COCO2)c2ccccc2OC)c1)C1=COCO1. The zero-order chi connectivity index (χ0) is 31.6. The molecule has 0 saturated heterocycles. The summed E-state index contributed by atoms with van der Waals surface area (Å²) in [6.07, 6.45) is 16.9. The van der Waals surface area contributed by atoms with Crippen LogP contribution in [-0.2, 0) is 45.0 Å². The lowest BCUT2D eigenvalue weighted by Gasteiger charge is -2.25. The fourth-order valence-corrected chi connectivity index (χ4v) is 5.69. The van der Waals surface area contributed by atoms with E-state index in [9.17, 15) is 0 Å². The van der Waals surface area contributed by atoms with E-state index in [0.717, 1.165) is 61.8 Å². The Bertz CT molecular complexity index is 1630. The Labute approximate surface area is 269 Å². The first-order valence-corrected chi connectivity index (χ1v) is 15.5. The van der Waals surface area contributed by atoms with E-state index in [1.807, 2.05) is 54.7 Å². The topological polar surface area (TPSA) is 90.3 Å². The van der Waals surface area contributed by atoms with Gasteiger partial charge in [-0.05, 0) is 37.1 Å². The van der Waals surface area contributed by atoms with E-state index < -0.39 is 0 Å². The first-order valence-electron chi connectivity index (χ1n) is 15.5.